The van der Waals surface area contributed by atoms with Crippen molar-refractivity contribution in [1.29, 1.82) is 0 Å². The van der Waals surface area contributed by atoms with Gasteiger partial charge in [-0.3, -0.25) is 9.52 Å². The highest BCUT2D eigenvalue weighted by Gasteiger charge is 2.16. The number of carbonyl (C=O) groups is 2. The number of rotatable bonds is 9. The maximum Gasteiger partial charge on any atom is 0.338 e. The van der Waals surface area contributed by atoms with Crippen LogP contribution in [0.2, 0.25) is 0 Å². The number of nitrogens with zero attached hydrogens (tertiary/aromatic N) is 2. The molecule has 2 heterocycles. The summed E-state index contributed by atoms with van der Waals surface area (Å²) in [6, 6.07) is 18.3. The van der Waals surface area contributed by atoms with Crippen molar-refractivity contribution in [2.45, 2.75) is 25.0 Å². The van der Waals surface area contributed by atoms with Gasteiger partial charge in [-0.05, 0) is 86.8 Å². The second kappa shape index (κ2) is 11.4. The molecule has 0 saturated carbocycles. The van der Waals surface area contributed by atoms with Gasteiger partial charge in [-0.1, -0.05) is 6.07 Å². The van der Waals surface area contributed by atoms with Gasteiger partial charge in [0, 0.05) is 33.9 Å². The quantitative estimate of drug-likeness (QED) is 0.175. The highest BCUT2D eigenvalue weighted by Crippen LogP contribution is 2.22. The topological polar surface area (TPSA) is 119 Å². The van der Waals surface area contributed by atoms with Crippen LogP contribution in [-0.4, -0.2) is 37.7 Å². The van der Waals surface area contributed by atoms with E-state index in [1.165, 1.54) is 30.3 Å². The van der Waals surface area contributed by atoms with Crippen molar-refractivity contribution in [3.05, 3.63) is 100 Å². The predicted octanol–water partition coefficient (Wildman–Crippen LogP) is 4.90. The first-order valence-corrected chi connectivity index (χ1v) is 14.0. The Morgan fingerprint density at radius 1 is 1.03 bits per heavy atom. The minimum Gasteiger partial charge on any atom is -0.462 e. The first kappa shape index (κ1) is 26.8. The van der Waals surface area contributed by atoms with E-state index in [9.17, 15) is 18.0 Å². The van der Waals surface area contributed by atoms with Crippen LogP contribution in [0.25, 0.3) is 5.69 Å². The van der Waals surface area contributed by atoms with Gasteiger partial charge in [0.05, 0.1) is 18.4 Å². The molecule has 4 rings (SSSR count). The molecule has 0 saturated heterocycles. The van der Waals surface area contributed by atoms with Crippen LogP contribution in [0, 0.1) is 13.8 Å². The second-order valence-electron chi connectivity index (χ2n) is 8.24. The lowest BCUT2D eigenvalue weighted by molar-refractivity contribution is 0.0526. The van der Waals surface area contributed by atoms with Gasteiger partial charge in [-0.15, -0.1) is 11.3 Å². The Bertz CT molecular complexity index is 1570. The number of sulfonamides is 1. The summed E-state index contributed by atoms with van der Waals surface area (Å²) >= 11 is 1.12. The van der Waals surface area contributed by atoms with Gasteiger partial charge in [-0.2, -0.15) is 5.10 Å². The molecule has 196 valence electrons. The maximum absolute atomic E-state index is 12.5. The number of hydrogen-bond donors (Lipinski definition) is 2. The number of benzene rings is 2. The van der Waals surface area contributed by atoms with Gasteiger partial charge < -0.3 is 9.30 Å². The highest BCUT2D eigenvalue weighted by atomic mass is 32.2. The summed E-state index contributed by atoms with van der Waals surface area (Å²) in [5.74, 6) is -0.796. The number of hydrazone groups is 1. The number of amides is 1. The molecule has 0 aliphatic heterocycles. The fraction of sp³-hybridized carbons (Fsp3) is 0.148. The van der Waals surface area contributed by atoms with Crippen LogP contribution < -0.4 is 10.1 Å². The third-order valence-electron chi connectivity index (χ3n) is 5.64. The molecule has 9 nitrogen and oxygen atoms in total. The van der Waals surface area contributed by atoms with Crippen LogP contribution in [0.15, 0.2) is 81.4 Å². The number of anilines is 1. The van der Waals surface area contributed by atoms with E-state index < -0.39 is 15.9 Å². The molecule has 0 spiro atoms. The first-order valence-electron chi connectivity index (χ1n) is 11.7. The average Bonchev–Trinajstić information content (AvgIpc) is 3.54. The van der Waals surface area contributed by atoms with E-state index in [4.69, 9.17) is 4.74 Å². The number of aryl methyl sites for hydroxylation is 1. The Balaban J connectivity index is 1.40. The summed E-state index contributed by atoms with van der Waals surface area (Å²) in [5.41, 5.74) is 7.22. The molecule has 2 N–H and O–H groups in total. The van der Waals surface area contributed by atoms with Gasteiger partial charge in [0.25, 0.3) is 15.9 Å². The zero-order chi connectivity index (χ0) is 27.3. The Kier molecular flexibility index (Phi) is 8.08. The number of esters is 1. The molecular weight excluding hydrogens is 524 g/mol. The van der Waals surface area contributed by atoms with Crippen molar-refractivity contribution in [3.63, 3.8) is 0 Å². The van der Waals surface area contributed by atoms with Crippen molar-refractivity contribution in [3.8, 4) is 5.69 Å². The van der Waals surface area contributed by atoms with Crippen molar-refractivity contribution in [1.82, 2.24) is 9.99 Å². The van der Waals surface area contributed by atoms with Crippen LogP contribution in [0.1, 0.15) is 44.6 Å². The molecule has 11 heteroatoms. The first-order chi connectivity index (χ1) is 18.2. The van der Waals surface area contributed by atoms with Crippen LogP contribution in [0.4, 0.5) is 5.69 Å². The Morgan fingerprint density at radius 3 is 2.34 bits per heavy atom. The largest absolute Gasteiger partial charge is 0.462 e. The standard InChI is InChI=1S/C27H26N4O5S2/c1-4-36-27(33)21-9-13-24(14-10-21)31-18(2)16-22(19(31)3)17-28-29-26(32)20-7-11-23(12-8-20)30-38(34,35)25-6-5-15-37-25/h5-17,30H,4H2,1-3H3,(H,29,32)/b28-17+. The molecule has 1 amide bonds. The molecule has 0 aliphatic carbocycles. The molecule has 2 aromatic heterocycles. The van der Waals surface area contributed by atoms with E-state index in [1.54, 1.807) is 36.7 Å². The van der Waals surface area contributed by atoms with Crippen molar-refractivity contribution in [2.24, 2.45) is 5.10 Å². The molecule has 0 unspecified atom stereocenters. The lowest BCUT2D eigenvalue weighted by Crippen LogP contribution is -2.18. The molecule has 38 heavy (non-hydrogen) atoms. The van der Waals surface area contributed by atoms with E-state index in [0.717, 1.165) is 34.0 Å². The van der Waals surface area contributed by atoms with Gasteiger partial charge in [0.15, 0.2) is 0 Å². The molecule has 0 radical (unpaired) electrons. The summed E-state index contributed by atoms with van der Waals surface area (Å²) < 4.78 is 34.5. The molecular formula is C27H26N4O5S2. The lowest BCUT2D eigenvalue weighted by Gasteiger charge is -2.10. The number of carbonyl (C=O) groups excluding carboxylic acids is 2. The average molecular weight is 551 g/mol. The number of hydrogen-bond acceptors (Lipinski definition) is 7. The predicted molar refractivity (Wildman–Crippen MR) is 148 cm³/mol. The summed E-state index contributed by atoms with van der Waals surface area (Å²) in [6.45, 7) is 5.97. The molecule has 0 fully saturated rings. The summed E-state index contributed by atoms with van der Waals surface area (Å²) in [4.78, 5) is 24.4. The number of aromatic nitrogens is 1. The SMILES string of the molecule is CCOC(=O)c1ccc(-n2c(C)cc(/C=N/NC(=O)c3ccc(NS(=O)(=O)c4cccs4)cc3)c2C)cc1. The zero-order valence-corrected chi connectivity index (χ0v) is 22.6. The number of ether oxygens (including phenoxy) is 1. The third kappa shape index (κ3) is 6.01. The third-order valence-corrected chi connectivity index (χ3v) is 8.41. The summed E-state index contributed by atoms with van der Waals surface area (Å²) in [5, 5.41) is 5.78. The van der Waals surface area contributed by atoms with E-state index in [2.05, 4.69) is 15.2 Å². The lowest BCUT2D eigenvalue weighted by atomic mass is 10.2. The normalized spacial score (nSPS) is 11.4. The second-order valence-corrected chi connectivity index (χ2v) is 11.1. The minimum absolute atomic E-state index is 0.210. The molecule has 2 aromatic carbocycles. The zero-order valence-electron chi connectivity index (χ0n) is 21.0. The van der Waals surface area contributed by atoms with E-state index >= 15 is 0 Å². The van der Waals surface area contributed by atoms with Gasteiger partial charge in [0.1, 0.15) is 4.21 Å². The van der Waals surface area contributed by atoms with Crippen molar-refractivity contribution < 1.29 is 22.7 Å². The van der Waals surface area contributed by atoms with Crippen LogP contribution in [0.5, 0.6) is 0 Å². The van der Waals surface area contributed by atoms with Crippen molar-refractivity contribution in [2.75, 3.05) is 11.3 Å². The summed E-state index contributed by atoms with van der Waals surface area (Å²) in [7, 11) is -3.66. The molecule has 0 bridgehead atoms. The molecule has 0 aliphatic rings. The van der Waals surface area contributed by atoms with Gasteiger partial charge >= 0.3 is 5.97 Å². The van der Waals surface area contributed by atoms with Crippen LogP contribution in [0.3, 0.4) is 0 Å². The highest BCUT2D eigenvalue weighted by molar-refractivity contribution is 7.94. The Morgan fingerprint density at radius 2 is 1.71 bits per heavy atom. The van der Waals surface area contributed by atoms with E-state index in [-0.39, 0.29) is 10.2 Å². The Hall–Kier alpha value is -4.22. The monoisotopic (exact) mass is 550 g/mol. The van der Waals surface area contributed by atoms with Gasteiger partial charge in [-0.25, -0.2) is 18.6 Å². The fourth-order valence-corrected chi connectivity index (χ4v) is 5.86. The summed E-state index contributed by atoms with van der Waals surface area (Å²) in [6.07, 6.45) is 1.56. The minimum atomic E-state index is -3.66. The molecule has 4 aromatic rings. The Labute approximate surface area is 224 Å². The van der Waals surface area contributed by atoms with Gasteiger partial charge in [0.2, 0.25) is 0 Å². The fourth-order valence-electron chi connectivity index (χ4n) is 3.81. The number of nitrogens with one attached hydrogen (secondary N) is 2. The van der Waals surface area contributed by atoms with Crippen molar-refractivity contribution >= 4 is 45.1 Å². The smallest absolute Gasteiger partial charge is 0.338 e. The van der Waals surface area contributed by atoms with Crippen LogP contribution in [-0.2, 0) is 14.8 Å². The maximum atomic E-state index is 12.5. The number of thiophene rings is 1. The van der Waals surface area contributed by atoms with E-state index in [0.29, 0.717) is 23.4 Å². The molecule has 0 atom stereocenters. The van der Waals surface area contributed by atoms with Crippen LogP contribution >= 0.6 is 11.3 Å². The van der Waals surface area contributed by atoms with E-state index in [1.807, 2.05) is 36.6 Å².